The fraction of sp³-hybridized carbons (Fsp3) is 0.421. The summed E-state index contributed by atoms with van der Waals surface area (Å²) >= 11 is 1.36. The number of aryl methyl sites for hydroxylation is 2. The van der Waals surface area contributed by atoms with Crippen molar-refractivity contribution in [2.45, 2.75) is 39.2 Å². The van der Waals surface area contributed by atoms with Gasteiger partial charge in [0, 0.05) is 30.3 Å². The molecule has 0 radical (unpaired) electrons. The van der Waals surface area contributed by atoms with Gasteiger partial charge in [0.25, 0.3) is 5.56 Å². The number of fused-ring (bicyclic) bond motifs is 1. The third-order valence-electron chi connectivity index (χ3n) is 4.55. The fourth-order valence-electron chi connectivity index (χ4n) is 3.04. The van der Waals surface area contributed by atoms with E-state index in [1.165, 1.54) is 21.9 Å². The maximum absolute atomic E-state index is 12.1. The largest absolute Gasteiger partial charge is 0.490 e. The molecule has 0 atom stereocenters. The lowest BCUT2D eigenvalue weighted by molar-refractivity contribution is 0.0253. The second kappa shape index (κ2) is 7.66. The molecule has 0 amide bonds. The molecule has 2 aromatic heterocycles. The molecule has 1 saturated heterocycles. The SMILES string of the molecule is CCc1cc(=O)n2nc(Nc3ccc(OC4CCOCC4)c(C)c3)sc2n1. The molecule has 0 spiro atoms. The van der Waals surface area contributed by atoms with E-state index in [1.807, 2.05) is 32.0 Å². The highest BCUT2D eigenvalue weighted by molar-refractivity contribution is 7.20. The number of benzene rings is 1. The molecule has 142 valence electrons. The third kappa shape index (κ3) is 3.96. The average molecular weight is 386 g/mol. The molecule has 1 N–H and O–H groups in total. The lowest BCUT2D eigenvalue weighted by atomic mass is 10.1. The summed E-state index contributed by atoms with van der Waals surface area (Å²) in [6.45, 7) is 5.52. The first-order valence-electron chi connectivity index (χ1n) is 9.14. The minimum Gasteiger partial charge on any atom is -0.490 e. The minimum absolute atomic E-state index is 0.155. The highest BCUT2D eigenvalue weighted by atomic mass is 32.1. The molecule has 3 aromatic rings. The van der Waals surface area contributed by atoms with Crippen LogP contribution in [0.5, 0.6) is 5.75 Å². The Morgan fingerprint density at radius 1 is 1.33 bits per heavy atom. The topological polar surface area (TPSA) is 77.8 Å². The van der Waals surface area contributed by atoms with Crippen molar-refractivity contribution in [1.29, 1.82) is 0 Å². The molecule has 8 heteroatoms. The van der Waals surface area contributed by atoms with Gasteiger partial charge in [0.2, 0.25) is 10.1 Å². The van der Waals surface area contributed by atoms with Crippen LogP contribution in [-0.4, -0.2) is 33.9 Å². The Bertz CT molecular complexity index is 1010. The molecule has 0 unspecified atom stereocenters. The predicted molar refractivity (Wildman–Crippen MR) is 105 cm³/mol. The van der Waals surface area contributed by atoms with Gasteiger partial charge in [-0.15, -0.1) is 5.10 Å². The van der Waals surface area contributed by atoms with Crippen LogP contribution in [0.4, 0.5) is 10.8 Å². The molecule has 4 rings (SSSR count). The standard InChI is InChI=1S/C19H22N4O3S/c1-3-13-11-17(24)23-19(21-13)27-18(22-23)20-14-4-5-16(12(2)10-14)26-15-6-8-25-9-7-15/h4-5,10-11,15H,3,6-9H2,1-2H3,(H,20,22). The van der Waals surface area contributed by atoms with Gasteiger partial charge in [0.05, 0.1) is 13.2 Å². The van der Waals surface area contributed by atoms with Gasteiger partial charge in [0.1, 0.15) is 11.9 Å². The van der Waals surface area contributed by atoms with Crippen LogP contribution in [0.25, 0.3) is 4.96 Å². The maximum atomic E-state index is 12.1. The quantitative estimate of drug-likeness (QED) is 0.725. The highest BCUT2D eigenvalue weighted by Crippen LogP contribution is 2.28. The van der Waals surface area contributed by atoms with E-state index in [0.29, 0.717) is 10.1 Å². The summed E-state index contributed by atoms with van der Waals surface area (Å²) in [5.41, 5.74) is 2.57. The molecule has 0 aliphatic carbocycles. The molecule has 1 aliphatic heterocycles. The van der Waals surface area contributed by atoms with Gasteiger partial charge in [-0.3, -0.25) is 4.79 Å². The fourth-order valence-corrected chi connectivity index (χ4v) is 3.89. The molecule has 7 nitrogen and oxygen atoms in total. The zero-order valence-corrected chi connectivity index (χ0v) is 16.2. The number of ether oxygens (including phenoxy) is 2. The van der Waals surface area contributed by atoms with Gasteiger partial charge in [0.15, 0.2) is 0 Å². The normalized spacial score (nSPS) is 15.2. The van der Waals surface area contributed by atoms with E-state index in [4.69, 9.17) is 9.47 Å². The Morgan fingerprint density at radius 3 is 2.89 bits per heavy atom. The Labute approximate surface area is 161 Å². The summed E-state index contributed by atoms with van der Waals surface area (Å²) in [4.78, 5) is 17.2. The van der Waals surface area contributed by atoms with Gasteiger partial charge >= 0.3 is 0 Å². The lowest BCUT2D eigenvalue weighted by Gasteiger charge is -2.24. The molecule has 1 aromatic carbocycles. The second-order valence-electron chi connectivity index (χ2n) is 6.58. The highest BCUT2D eigenvalue weighted by Gasteiger charge is 2.16. The molecular weight excluding hydrogens is 364 g/mol. The van der Waals surface area contributed by atoms with E-state index in [0.717, 1.165) is 55.2 Å². The lowest BCUT2D eigenvalue weighted by Crippen LogP contribution is -2.26. The maximum Gasteiger partial charge on any atom is 0.275 e. The first kappa shape index (κ1) is 17.9. The van der Waals surface area contributed by atoms with E-state index in [9.17, 15) is 4.79 Å². The molecule has 1 aliphatic rings. The van der Waals surface area contributed by atoms with Crippen molar-refractivity contribution in [3.05, 3.63) is 45.9 Å². The van der Waals surface area contributed by atoms with Crippen molar-refractivity contribution in [2.75, 3.05) is 18.5 Å². The van der Waals surface area contributed by atoms with E-state index in [-0.39, 0.29) is 11.7 Å². The third-order valence-corrected chi connectivity index (χ3v) is 5.37. The van der Waals surface area contributed by atoms with Crippen LogP contribution in [0, 0.1) is 6.92 Å². The van der Waals surface area contributed by atoms with E-state index in [1.54, 1.807) is 0 Å². The zero-order chi connectivity index (χ0) is 18.8. The summed E-state index contributed by atoms with van der Waals surface area (Å²) < 4.78 is 12.8. The van der Waals surface area contributed by atoms with E-state index in [2.05, 4.69) is 15.4 Å². The van der Waals surface area contributed by atoms with Crippen molar-refractivity contribution in [2.24, 2.45) is 0 Å². The van der Waals surface area contributed by atoms with Crippen LogP contribution in [0.1, 0.15) is 31.0 Å². The first-order chi connectivity index (χ1) is 13.1. The Hall–Kier alpha value is -2.45. The van der Waals surface area contributed by atoms with Gasteiger partial charge in [-0.1, -0.05) is 18.3 Å². The Balaban J connectivity index is 1.52. The van der Waals surface area contributed by atoms with Crippen LogP contribution >= 0.6 is 11.3 Å². The summed E-state index contributed by atoms with van der Waals surface area (Å²) in [5, 5.41) is 8.22. The van der Waals surface area contributed by atoms with Crippen LogP contribution in [-0.2, 0) is 11.2 Å². The van der Waals surface area contributed by atoms with Gasteiger partial charge in [-0.2, -0.15) is 4.52 Å². The summed E-state index contributed by atoms with van der Waals surface area (Å²) in [7, 11) is 0. The van der Waals surface area contributed by atoms with Gasteiger partial charge < -0.3 is 14.8 Å². The molecular formula is C19H22N4O3S. The van der Waals surface area contributed by atoms with Crippen LogP contribution in [0.15, 0.2) is 29.1 Å². The smallest absolute Gasteiger partial charge is 0.275 e. The van der Waals surface area contributed by atoms with E-state index < -0.39 is 0 Å². The monoisotopic (exact) mass is 386 g/mol. The number of aromatic nitrogens is 3. The zero-order valence-electron chi connectivity index (χ0n) is 15.4. The molecule has 27 heavy (non-hydrogen) atoms. The molecule has 0 bridgehead atoms. The number of hydrogen-bond donors (Lipinski definition) is 1. The van der Waals surface area contributed by atoms with Crippen LogP contribution in [0.3, 0.4) is 0 Å². The van der Waals surface area contributed by atoms with Crippen LogP contribution in [0.2, 0.25) is 0 Å². The predicted octanol–water partition coefficient (Wildman–Crippen LogP) is 3.32. The minimum atomic E-state index is -0.155. The van der Waals surface area contributed by atoms with Crippen molar-refractivity contribution >= 4 is 27.1 Å². The average Bonchev–Trinajstić information content (AvgIpc) is 3.08. The molecule has 3 heterocycles. The molecule has 0 saturated carbocycles. The van der Waals surface area contributed by atoms with E-state index >= 15 is 0 Å². The Morgan fingerprint density at radius 2 is 2.15 bits per heavy atom. The van der Waals surface area contributed by atoms with Crippen molar-refractivity contribution in [3.8, 4) is 5.75 Å². The first-order valence-corrected chi connectivity index (χ1v) is 9.96. The number of nitrogens with one attached hydrogen (secondary N) is 1. The summed E-state index contributed by atoms with van der Waals surface area (Å²) in [5.74, 6) is 0.891. The number of rotatable bonds is 5. The number of hydrogen-bond acceptors (Lipinski definition) is 7. The van der Waals surface area contributed by atoms with Crippen LogP contribution < -0.4 is 15.6 Å². The molecule has 1 fully saturated rings. The van der Waals surface area contributed by atoms with Gasteiger partial charge in [-0.05, 0) is 37.1 Å². The summed E-state index contributed by atoms with van der Waals surface area (Å²) in [6.07, 6.45) is 2.78. The number of anilines is 2. The van der Waals surface area contributed by atoms with Crippen molar-refractivity contribution in [3.63, 3.8) is 0 Å². The van der Waals surface area contributed by atoms with Crippen molar-refractivity contribution < 1.29 is 9.47 Å². The van der Waals surface area contributed by atoms with Crippen molar-refractivity contribution in [1.82, 2.24) is 14.6 Å². The second-order valence-corrected chi connectivity index (χ2v) is 7.53. The van der Waals surface area contributed by atoms with Gasteiger partial charge in [-0.25, -0.2) is 4.98 Å². The summed E-state index contributed by atoms with van der Waals surface area (Å²) in [6, 6.07) is 7.49. The number of nitrogens with zero attached hydrogens (tertiary/aromatic N) is 3. The Kier molecular flexibility index (Phi) is 5.09.